The second-order valence-electron chi connectivity index (χ2n) is 28.8. The van der Waals surface area contributed by atoms with Crippen molar-refractivity contribution in [1.29, 1.82) is 0 Å². The highest BCUT2D eigenvalue weighted by Crippen LogP contribution is 2.56. The molecule has 0 N–H and O–H groups in total. The Morgan fingerprint density at radius 1 is 0.449 bits per heavy atom. The molecule has 0 saturated carbocycles. The van der Waals surface area contributed by atoms with Crippen LogP contribution in [-0.4, -0.2) is 6.71 Å². The Balaban J connectivity index is 1.23. The summed E-state index contributed by atoms with van der Waals surface area (Å²) in [5, 5.41) is 2.66. The lowest BCUT2D eigenvalue weighted by atomic mass is 9.33. The van der Waals surface area contributed by atoms with Gasteiger partial charge in [0.15, 0.2) is 0 Å². The Kier molecular flexibility index (Phi) is 11.2. The molecule has 0 amide bonds. The smallest absolute Gasteiger partial charge is 0.252 e. The summed E-state index contributed by atoms with van der Waals surface area (Å²) < 4.78 is 2.69. The highest BCUT2D eigenvalue weighted by molar-refractivity contribution is 7.26. The molecule has 394 valence electrons. The first-order valence-corrected chi connectivity index (χ1v) is 29.9. The molecule has 8 aromatic carbocycles. The molecule has 0 saturated heterocycles. The molecule has 9 aromatic rings. The van der Waals surface area contributed by atoms with E-state index >= 15 is 0 Å². The van der Waals surface area contributed by atoms with Gasteiger partial charge in [0.2, 0.25) is 0 Å². The van der Waals surface area contributed by atoms with Crippen LogP contribution < -0.4 is 26.2 Å². The van der Waals surface area contributed by atoms with Gasteiger partial charge in [-0.15, -0.1) is 11.3 Å². The molecule has 0 atom stereocenters. The molecule has 3 heterocycles. The van der Waals surface area contributed by atoms with Crippen molar-refractivity contribution in [2.75, 3.05) is 9.80 Å². The van der Waals surface area contributed by atoms with Crippen molar-refractivity contribution in [1.82, 2.24) is 0 Å². The van der Waals surface area contributed by atoms with Gasteiger partial charge in [0, 0.05) is 43.8 Å². The SMILES string of the molecule is Cc1cccc(C)c1-c1cc2c3c(c1)N(c1ccc(C(C)(C)C)cc1-c1ccccc1)c1c(ccc4c1sc1cc(C(C)(C)C)ccc14)B3c1cc3c(cc1N2c1ccc2c(c1)C(C)(C)CCC2(C)C)C(C)(C)CCC3(C)C. The zero-order valence-corrected chi connectivity index (χ0v) is 50.3. The minimum Gasteiger partial charge on any atom is -0.311 e. The summed E-state index contributed by atoms with van der Waals surface area (Å²) in [7, 11) is 0. The van der Waals surface area contributed by atoms with Crippen LogP contribution in [0.1, 0.15) is 167 Å². The molecule has 13 rings (SSSR count). The monoisotopic (exact) mass is 1040 g/mol. The van der Waals surface area contributed by atoms with E-state index in [0.717, 1.165) is 19.3 Å². The Morgan fingerprint density at radius 2 is 1.01 bits per heavy atom. The van der Waals surface area contributed by atoms with Crippen LogP contribution in [0.25, 0.3) is 42.4 Å². The maximum absolute atomic E-state index is 2.76. The van der Waals surface area contributed by atoms with Gasteiger partial charge in [-0.3, -0.25) is 0 Å². The van der Waals surface area contributed by atoms with Crippen molar-refractivity contribution in [3.8, 4) is 22.3 Å². The maximum atomic E-state index is 2.76. The lowest BCUT2D eigenvalue weighted by Gasteiger charge is -2.48. The Labute approximate surface area is 471 Å². The first-order valence-electron chi connectivity index (χ1n) is 29.1. The second-order valence-corrected chi connectivity index (χ2v) is 29.9. The predicted molar refractivity (Wildman–Crippen MR) is 342 cm³/mol. The molecule has 0 unspecified atom stereocenters. The molecule has 4 heteroatoms. The fraction of sp³-hybridized carbons (Fsp3) is 0.351. The number of thiophene rings is 1. The molecule has 2 aliphatic heterocycles. The molecule has 0 fully saturated rings. The first kappa shape index (κ1) is 51.1. The van der Waals surface area contributed by atoms with Gasteiger partial charge in [0.25, 0.3) is 6.71 Å². The number of anilines is 6. The largest absolute Gasteiger partial charge is 0.311 e. The van der Waals surface area contributed by atoms with Crippen molar-refractivity contribution in [2.45, 2.75) is 169 Å². The number of rotatable bonds is 4. The van der Waals surface area contributed by atoms with E-state index in [2.05, 4.69) is 260 Å². The van der Waals surface area contributed by atoms with Gasteiger partial charge < -0.3 is 9.80 Å². The molecule has 4 aliphatic rings. The standard InChI is InChI=1S/C74H79BN2S/c1-44-21-20-22-45(2)65(44)47-37-62-66-63(38-47)77(60-32-26-48(69(3,4)5)39-53(60)46-23-18-17-19-24-46)67-58(31-29-52-51-28-25-49(70(6,7)8)40-64(51)78-68(52)67)75(66)59-42-56-57(74(15,16)36-35-73(56,13)14)43-61(59)76(62)50-27-30-54-55(41-50)72(11,12)34-33-71(54,9)10/h17-32,37-43H,33-36H2,1-16H3. The van der Waals surface area contributed by atoms with Crippen molar-refractivity contribution < 1.29 is 0 Å². The Morgan fingerprint density at radius 3 is 1.65 bits per heavy atom. The number of fused-ring (bicyclic) bond motifs is 10. The van der Waals surface area contributed by atoms with E-state index in [1.807, 2.05) is 11.3 Å². The van der Waals surface area contributed by atoms with Gasteiger partial charge in [0.05, 0.1) is 16.1 Å². The zero-order valence-electron chi connectivity index (χ0n) is 49.5. The van der Waals surface area contributed by atoms with Crippen LogP contribution in [0.4, 0.5) is 34.1 Å². The Bertz CT molecular complexity index is 3960. The van der Waals surface area contributed by atoms with E-state index in [4.69, 9.17) is 0 Å². The number of nitrogens with zero attached hydrogens (tertiary/aromatic N) is 2. The summed E-state index contributed by atoms with van der Waals surface area (Å²) in [5.41, 5.74) is 28.2. The lowest BCUT2D eigenvalue weighted by Crippen LogP contribution is -2.62. The average Bonchev–Trinajstić information content (AvgIpc) is 3.68. The van der Waals surface area contributed by atoms with Crippen molar-refractivity contribution in [2.24, 2.45) is 0 Å². The summed E-state index contributed by atoms with van der Waals surface area (Å²) in [6.45, 7) is 38.6. The topological polar surface area (TPSA) is 6.48 Å². The van der Waals surface area contributed by atoms with Gasteiger partial charge in [0.1, 0.15) is 0 Å². The maximum Gasteiger partial charge on any atom is 0.252 e. The van der Waals surface area contributed by atoms with E-state index in [9.17, 15) is 0 Å². The van der Waals surface area contributed by atoms with Crippen LogP contribution in [0.5, 0.6) is 0 Å². The van der Waals surface area contributed by atoms with Gasteiger partial charge in [-0.05, 0) is 198 Å². The third-order valence-electron chi connectivity index (χ3n) is 19.6. The van der Waals surface area contributed by atoms with E-state index in [0.29, 0.717) is 0 Å². The van der Waals surface area contributed by atoms with Gasteiger partial charge in [-0.25, -0.2) is 0 Å². The van der Waals surface area contributed by atoms with E-state index < -0.39 is 0 Å². The molecule has 78 heavy (non-hydrogen) atoms. The molecular formula is C74H79BN2S. The summed E-state index contributed by atoms with van der Waals surface area (Å²) in [4.78, 5) is 5.50. The first-order chi connectivity index (χ1) is 36.7. The second kappa shape index (κ2) is 17.1. The summed E-state index contributed by atoms with van der Waals surface area (Å²) in [6, 6.07) is 56.0. The van der Waals surface area contributed by atoms with E-state index in [-0.39, 0.29) is 39.2 Å². The molecule has 2 nitrogen and oxygen atoms in total. The minimum absolute atomic E-state index is 0.0163. The fourth-order valence-corrected chi connectivity index (χ4v) is 15.8. The third kappa shape index (κ3) is 7.76. The van der Waals surface area contributed by atoms with Crippen LogP contribution in [-0.2, 0) is 32.5 Å². The average molecular weight is 1040 g/mol. The van der Waals surface area contributed by atoms with Crippen LogP contribution in [0, 0.1) is 13.8 Å². The fourth-order valence-electron chi connectivity index (χ4n) is 14.5. The van der Waals surface area contributed by atoms with Crippen LogP contribution in [0.15, 0.2) is 140 Å². The van der Waals surface area contributed by atoms with Crippen molar-refractivity contribution in [3.63, 3.8) is 0 Å². The van der Waals surface area contributed by atoms with Gasteiger partial charge in [-0.1, -0.05) is 188 Å². The van der Waals surface area contributed by atoms with Crippen LogP contribution in [0.3, 0.4) is 0 Å². The zero-order chi connectivity index (χ0) is 55.0. The van der Waals surface area contributed by atoms with E-state index in [1.165, 1.54) is 144 Å². The Hall–Kier alpha value is -6.36. The number of aryl methyl sites for hydroxylation is 2. The molecule has 1 aromatic heterocycles. The van der Waals surface area contributed by atoms with Gasteiger partial charge in [-0.2, -0.15) is 0 Å². The quantitative estimate of drug-likeness (QED) is 0.162. The number of hydrogen-bond acceptors (Lipinski definition) is 3. The van der Waals surface area contributed by atoms with Crippen molar-refractivity contribution in [3.05, 3.63) is 184 Å². The van der Waals surface area contributed by atoms with Crippen LogP contribution >= 0.6 is 11.3 Å². The van der Waals surface area contributed by atoms with E-state index in [1.54, 1.807) is 0 Å². The molecule has 0 radical (unpaired) electrons. The summed E-state index contributed by atoms with van der Waals surface area (Å²) in [6.07, 6.45) is 4.67. The van der Waals surface area contributed by atoms with Gasteiger partial charge >= 0.3 is 0 Å². The number of benzene rings is 8. The molecule has 2 aliphatic carbocycles. The molecule has 0 spiro atoms. The number of hydrogen-bond donors (Lipinski definition) is 0. The summed E-state index contributed by atoms with van der Waals surface area (Å²) >= 11 is 1.99. The highest BCUT2D eigenvalue weighted by atomic mass is 32.1. The minimum atomic E-state index is -0.0533. The predicted octanol–water partition coefficient (Wildman–Crippen LogP) is 19.4. The highest BCUT2D eigenvalue weighted by Gasteiger charge is 2.48. The van der Waals surface area contributed by atoms with Crippen molar-refractivity contribution >= 4 is 88.7 Å². The summed E-state index contributed by atoms with van der Waals surface area (Å²) in [5.74, 6) is 0. The normalized spacial score (nSPS) is 17.6. The third-order valence-corrected chi connectivity index (χ3v) is 20.7. The molecular weight excluding hydrogens is 960 g/mol. The van der Waals surface area contributed by atoms with Crippen LogP contribution in [0.2, 0.25) is 0 Å². The lowest BCUT2D eigenvalue weighted by molar-refractivity contribution is 0.332. The molecule has 0 bridgehead atoms.